The molecule has 34 heavy (non-hydrogen) atoms. The summed E-state index contributed by atoms with van der Waals surface area (Å²) in [6.07, 6.45) is -5.15. The van der Waals surface area contributed by atoms with Gasteiger partial charge in [-0.1, -0.05) is 50.1 Å². The van der Waals surface area contributed by atoms with Gasteiger partial charge in [-0.15, -0.1) is 0 Å². The maximum Gasteiger partial charge on any atom is 0.444 e. The molecule has 1 unspecified atom stereocenters. The lowest BCUT2D eigenvalue weighted by Crippen LogP contribution is -2.57. The summed E-state index contributed by atoms with van der Waals surface area (Å²) in [5.41, 5.74) is -3.14. The van der Waals surface area contributed by atoms with E-state index >= 15 is 0 Å². The lowest BCUT2D eigenvalue weighted by Gasteiger charge is -2.26. The molecule has 0 aliphatic rings. The van der Waals surface area contributed by atoms with Gasteiger partial charge in [-0.2, -0.15) is 17.9 Å². The van der Waals surface area contributed by atoms with Gasteiger partial charge in [0, 0.05) is 13.0 Å². The third kappa shape index (κ3) is 7.20. The number of sulfonamides is 2. The molecule has 7 nitrogen and oxygen atoms in total. The highest BCUT2D eigenvalue weighted by Gasteiger charge is 2.55. The van der Waals surface area contributed by atoms with Crippen molar-refractivity contribution in [3.05, 3.63) is 60.2 Å². The SMILES string of the molecule is CC(C)CN(c1ccc(CC#CC(O)(NS(C)(=O)=O)C(F)(F)F)cc1)S(=O)(=O)c1ccccc1. The van der Waals surface area contributed by atoms with Crippen LogP contribution in [0.3, 0.4) is 0 Å². The minimum Gasteiger partial charge on any atom is -0.357 e. The van der Waals surface area contributed by atoms with Gasteiger partial charge in [-0.05, 0) is 41.7 Å². The number of nitrogens with zero attached hydrogens (tertiary/aromatic N) is 1. The maximum absolute atomic E-state index is 13.2. The van der Waals surface area contributed by atoms with Gasteiger partial charge in [0.05, 0.1) is 16.8 Å². The van der Waals surface area contributed by atoms with Gasteiger partial charge in [0.1, 0.15) is 0 Å². The molecule has 0 spiro atoms. The lowest BCUT2D eigenvalue weighted by molar-refractivity contribution is -0.239. The highest BCUT2D eigenvalue weighted by molar-refractivity contribution is 7.92. The van der Waals surface area contributed by atoms with Crippen molar-refractivity contribution in [3.8, 4) is 11.8 Å². The molecule has 0 fully saturated rings. The second-order valence-corrected chi connectivity index (χ2v) is 11.6. The second kappa shape index (κ2) is 10.4. The molecule has 12 heteroatoms. The van der Waals surface area contributed by atoms with Crippen LogP contribution in [0.1, 0.15) is 19.4 Å². The van der Waals surface area contributed by atoms with Crippen LogP contribution < -0.4 is 9.03 Å². The van der Waals surface area contributed by atoms with Gasteiger partial charge in [-0.25, -0.2) is 16.8 Å². The minimum absolute atomic E-state index is 0.00595. The smallest absolute Gasteiger partial charge is 0.357 e. The number of hydrogen-bond acceptors (Lipinski definition) is 5. The van der Waals surface area contributed by atoms with Crippen molar-refractivity contribution in [1.82, 2.24) is 4.72 Å². The van der Waals surface area contributed by atoms with E-state index in [1.54, 1.807) is 18.2 Å². The maximum atomic E-state index is 13.2. The van der Waals surface area contributed by atoms with Crippen LogP contribution in [0.25, 0.3) is 0 Å². The minimum atomic E-state index is -5.36. The predicted molar refractivity (Wildman–Crippen MR) is 123 cm³/mol. The van der Waals surface area contributed by atoms with E-state index < -0.39 is 31.9 Å². The van der Waals surface area contributed by atoms with Gasteiger partial charge >= 0.3 is 6.18 Å². The fourth-order valence-corrected chi connectivity index (χ4v) is 5.22. The Morgan fingerprint density at radius 2 is 1.56 bits per heavy atom. The average Bonchev–Trinajstić information content (AvgIpc) is 2.71. The molecule has 0 heterocycles. The van der Waals surface area contributed by atoms with Gasteiger partial charge in [0.2, 0.25) is 10.0 Å². The summed E-state index contributed by atoms with van der Waals surface area (Å²) in [5.74, 6) is 3.67. The van der Waals surface area contributed by atoms with Crippen molar-refractivity contribution in [2.24, 2.45) is 5.92 Å². The number of nitrogens with one attached hydrogen (secondary N) is 1. The van der Waals surface area contributed by atoms with E-state index in [0.29, 0.717) is 17.5 Å². The van der Waals surface area contributed by atoms with Crippen molar-refractivity contribution >= 4 is 25.7 Å². The number of alkyl halides is 3. The molecule has 2 rings (SSSR count). The van der Waals surface area contributed by atoms with Gasteiger partial charge in [0.25, 0.3) is 15.7 Å². The number of aliphatic hydroxyl groups is 1. The third-order valence-electron chi connectivity index (χ3n) is 4.39. The van der Waals surface area contributed by atoms with Crippen molar-refractivity contribution < 1.29 is 35.1 Å². The Balaban J connectivity index is 2.31. The standard InChI is InChI=1S/C22H25F3N2O5S2/c1-17(2)16-27(34(31,32)20-9-5-4-6-10-20)19-13-11-18(12-14-19)8-7-15-21(28,22(23,24)25)26-33(3,29)30/h4-6,9-14,17,26,28H,8,16H2,1-3H3. The molecule has 1 atom stereocenters. The molecule has 0 aliphatic heterocycles. The highest BCUT2D eigenvalue weighted by atomic mass is 32.2. The zero-order valence-electron chi connectivity index (χ0n) is 18.7. The fraction of sp³-hybridized carbons (Fsp3) is 0.364. The van der Waals surface area contributed by atoms with E-state index in [1.165, 1.54) is 46.6 Å². The monoisotopic (exact) mass is 518 g/mol. The molecule has 186 valence electrons. The zero-order chi connectivity index (χ0) is 25.8. The summed E-state index contributed by atoms with van der Waals surface area (Å²) in [5, 5.41) is 9.70. The van der Waals surface area contributed by atoms with Crippen LogP contribution in [0.5, 0.6) is 0 Å². The van der Waals surface area contributed by atoms with Crippen molar-refractivity contribution in [3.63, 3.8) is 0 Å². The Bertz CT molecular complexity index is 1250. The summed E-state index contributed by atoms with van der Waals surface area (Å²) >= 11 is 0. The largest absolute Gasteiger partial charge is 0.444 e. The first-order valence-electron chi connectivity index (χ1n) is 10.00. The van der Waals surface area contributed by atoms with E-state index in [2.05, 4.69) is 5.92 Å². The molecule has 0 aromatic heterocycles. The van der Waals surface area contributed by atoms with Crippen LogP contribution in [0.2, 0.25) is 0 Å². The fourth-order valence-electron chi connectivity index (χ4n) is 2.87. The molecule has 2 aromatic rings. The van der Waals surface area contributed by atoms with E-state index in [-0.39, 0.29) is 23.8 Å². The first-order chi connectivity index (χ1) is 15.6. The molecule has 2 aromatic carbocycles. The molecule has 2 N–H and O–H groups in total. The van der Waals surface area contributed by atoms with Crippen molar-refractivity contribution in [2.75, 3.05) is 17.1 Å². The second-order valence-electron chi connectivity index (χ2n) is 7.97. The van der Waals surface area contributed by atoms with Gasteiger partial charge in [-0.3, -0.25) is 4.31 Å². The molecular formula is C22H25F3N2O5S2. The topological polar surface area (TPSA) is 104 Å². The quantitative estimate of drug-likeness (QED) is 0.413. The Morgan fingerprint density at radius 1 is 1.00 bits per heavy atom. The number of anilines is 1. The normalized spacial score (nSPS) is 14.2. The summed E-state index contributed by atoms with van der Waals surface area (Å²) in [4.78, 5) is 0.121. The average molecular weight is 519 g/mol. The van der Waals surface area contributed by atoms with Crippen LogP contribution in [-0.2, 0) is 26.5 Å². The van der Waals surface area contributed by atoms with Crippen LogP contribution in [-0.4, -0.2) is 46.6 Å². The van der Waals surface area contributed by atoms with Crippen LogP contribution >= 0.6 is 0 Å². The zero-order valence-corrected chi connectivity index (χ0v) is 20.3. The Labute approximate surface area is 197 Å². The Morgan fingerprint density at radius 3 is 2.03 bits per heavy atom. The number of rotatable bonds is 8. The van der Waals surface area contributed by atoms with Crippen LogP contribution in [0.15, 0.2) is 59.5 Å². The van der Waals surface area contributed by atoms with Crippen LogP contribution in [0, 0.1) is 17.8 Å². The van der Waals surface area contributed by atoms with Crippen molar-refractivity contribution in [2.45, 2.75) is 37.1 Å². The van der Waals surface area contributed by atoms with Crippen molar-refractivity contribution in [1.29, 1.82) is 0 Å². The van der Waals surface area contributed by atoms with Crippen LogP contribution in [0.4, 0.5) is 18.9 Å². The third-order valence-corrected chi connectivity index (χ3v) is 6.87. The van der Waals surface area contributed by atoms with Gasteiger partial charge in [0.15, 0.2) is 0 Å². The van der Waals surface area contributed by atoms with E-state index in [0.717, 1.165) is 4.72 Å². The van der Waals surface area contributed by atoms with E-state index in [9.17, 15) is 35.1 Å². The number of benzene rings is 2. The molecule has 0 amide bonds. The van der Waals surface area contributed by atoms with Gasteiger partial charge < -0.3 is 5.11 Å². The first kappa shape index (κ1) is 27.7. The molecule has 0 radical (unpaired) electrons. The predicted octanol–water partition coefficient (Wildman–Crippen LogP) is 2.88. The number of halogens is 3. The van der Waals surface area contributed by atoms with E-state index in [1.807, 2.05) is 13.8 Å². The molecule has 0 aliphatic carbocycles. The highest BCUT2D eigenvalue weighted by Crippen LogP contribution is 2.29. The van der Waals surface area contributed by atoms with E-state index in [4.69, 9.17) is 0 Å². The molecule has 0 bridgehead atoms. The molecular weight excluding hydrogens is 493 g/mol. The number of hydrogen-bond donors (Lipinski definition) is 2. The lowest BCUT2D eigenvalue weighted by atomic mass is 10.1. The summed E-state index contributed by atoms with van der Waals surface area (Å²) in [6, 6.07) is 13.9. The molecule has 0 saturated heterocycles. The Kier molecular flexibility index (Phi) is 8.42. The first-order valence-corrected chi connectivity index (χ1v) is 13.3. The summed E-state index contributed by atoms with van der Waals surface area (Å²) < 4.78 is 90.4. The molecule has 0 saturated carbocycles. The summed E-state index contributed by atoms with van der Waals surface area (Å²) in [7, 11) is -8.26. The Hall–Kier alpha value is -2.59. The summed E-state index contributed by atoms with van der Waals surface area (Å²) in [6.45, 7) is 3.93.